The molecule has 0 saturated heterocycles. The first-order valence-corrected chi connectivity index (χ1v) is 8.03. The number of rotatable bonds is 6. The van der Waals surface area contributed by atoms with E-state index in [1.807, 2.05) is 6.07 Å². The van der Waals surface area contributed by atoms with Crippen molar-refractivity contribution < 1.29 is 9.59 Å². The van der Waals surface area contributed by atoms with Crippen LogP contribution in [0.2, 0.25) is 0 Å². The molecule has 114 valence electrons. The predicted molar refractivity (Wildman–Crippen MR) is 83.3 cm³/mol. The molecule has 0 aromatic carbocycles. The first-order chi connectivity index (χ1) is 10.1. The van der Waals surface area contributed by atoms with E-state index in [1.54, 1.807) is 12.3 Å². The maximum absolute atomic E-state index is 12.0. The Kier molecular flexibility index (Phi) is 5.73. The maximum atomic E-state index is 12.0. The van der Waals surface area contributed by atoms with Crippen LogP contribution in [0.3, 0.4) is 0 Å². The van der Waals surface area contributed by atoms with Crippen molar-refractivity contribution in [3.8, 4) is 0 Å². The number of aromatic nitrogens is 1. The quantitative estimate of drug-likeness (QED) is 0.766. The van der Waals surface area contributed by atoms with Crippen LogP contribution in [0.4, 0.5) is 0 Å². The molecule has 1 fully saturated rings. The molecule has 0 bridgehead atoms. The van der Waals surface area contributed by atoms with Gasteiger partial charge < -0.3 is 11.1 Å². The first kappa shape index (κ1) is 15.9. The van der Waals surface area contributed by atoms with E-state index in [4.69, 9.17) is 5.73 Å². The van der Waals surface area contributed by atoms with E-state index in [9.17, 15) is 9.59 Å². The molecular weight excluding hydrogens is 334 g/mol. The second-order valence-corrected chi connectivity index (χ2v) is 6.29. The molecule has 6 heteroatoms. The fourth-order valence-corrected chi connectivity index (χ4v) is 3.16. The van der Waals surface area contributed by atoms with Crippen LogP contribution in [-0.4, -0.2) is 22.8 Å². The van der Waals surface area contributed by atoms with Crippen molar-refractivity contribution in [1.82, 2.24) is 10.3 Å². The minimum Gasteiger partial charge on any atom is -0.368 e. The van der Waals surface area contributed by atoms with E-state index < -0.39 is 11.9 Å². The number of hydrogen-bond donors (Lipinski definition) is 2. The van der Waals surface area contributed by atoms with Crippen molar-refractivity contribution in [2.75, 3.05) is 0 Å². The van der Waals surface area contributed by atoms with Crippen LogP contribution in [0.15, 0.2) is 22.9 Å². The Labute approximate surface area is 132 Å². The van der Waals surface area contributed by atoms with Crippen LogP contribution in [0, 0.1) is 5.92 Å². The molecule has 1 aliphatic carbocycles. The molecule has 0 aliphatic heterocycles. The molecule has 1 aliphatic rings. The number of amides is 2. The molecule has 0 spiro atoms. The summed E-state index contributed by atoms with van der Waals surface area (Å²) in [5, 5.41) is 2.76. The second kappa shape index (κ2) is 7.54. The van der Waals surface area contributed by atoms with Crippen LogP contribution in [0.5, 0.6) is 0 Å². The van der Waals surface area contributed by atoms with Gasteiger partial charge in [0.15, 0.2) is 0 Å². The van der Waals surface area contributed by atoms with E-state index in [-0.39, 0.29) is 5.91 Å². The number of nitrogens with one attached hydrogen (secondary N) is 1. The van der Waals surface area contributed by atoms with Gasteiger partial charge in [0.25, 0.3) is 0 Å². The zero-order valence-corrected chi connectivity index (χ0v) is 13.4. The molecular formula is C15H20BrN3O2. The lowest BCUT2D eigenvalue weighted by Crippen LogP contribution is -2.46. The van der Waals surface area contributed by atoms with Gasteiger partial charge in [0, 0.05) is 19.0 Å². The Hall–Kier alpha value is -1.43. The Morgan fingerprint density at radius 1 is 1.43 bits per heavy atom. The van der Waals surface area contributed by atoms with E-state index >= 15 is 0 Å². The lowest BCUT2D eigenvalue weighted by atomic mass is 10.0. The summed E-state index contributed by atoms with van der Waals surface area (Å²) in [7, 11) is 0. The number of nitrogens with zero attached hydrogens (tertiary/aromatic N) is 1. The minimum atomic E-state index is -0.695. The molecule has 0 unspecified atom stereocenters. The van der Waals surface area contributed by atoms with Gasteiger partial charge in [-0.25, -0.2) is 4.98 Å². The zero-order valence-electron chi connectivity index (χ0n) is 11.8. The largest absolute Gasteiger partial charge is 0.368 e. The molecule has 1 aromatic rings. The van der Waals surface area contributed by atoms with E-state index in [0.29, 0.717) is 23.4 Å². The number of nitrogens with two attached hydrogens (primary N) is 1. The first-order valence-electron chi connectivity index (χ1n) is 7.24. The molecule has 1 heterocycles. The highest BCUT2D eigenvalue weighted by molar-refractivity contribution is 9.10. The van der Waals surface area contributed by atoms with E-state index in [0.717, 1.165) is 18.4 Å². The molecule has 2 rings (SSSR count). The highest BCUT2D eigenvalue weighted by Gasteiger charge is 2.23. The van der Waals surface area contributed by atoms with Crippen LogP contribution < -0.4 is 11.1 Å². The van der Waals surface area contributed by atoms with Crippen molar-refractivity contribution in [1.29, 1.82) is 0 Å². The number of hydrogen-bond acceptors (Lipinski definition) is 3. The summed E-state index contributed by atoms with van der Waals surface area (Å²) in [5.41, 5.74) is 6.25. The highest BCUT2D eigenvalue weighted by Crippen LogP contribution is 2.27. The number of carbonyl (C=O) groups is 2. The highest BCUT2D eigenvalue weighted by atomic mass is 79.9. The molecule has 1 saturated carbocycles. The summed E-state index contributed by atoms with van der Waals surface area (Å²) in [6.45, 7) is 0. The number of primary amides is 1. The van der Waals surface area contributed by atoms with Crippen molar-refractivity contribution in [2.45, 2.75) is 44.6 Å². The molecule has 1 atom stereocenters. The SMILES string of the molecule is NC(=O)[C@@H](Cc1cccnc1Br)NC(=O)CC1CCCC1. The molecule has 5 nitrogen and oxygen atoms in total. The Morgan fingerprint density at radius 3 is 2.76 bits per heavy atom. The zero-order chi connectivity index (χ0) is 15.2. The summed E-state index contributed by atoms with van der Waals surface area (Å²) in [6, 6.07) is 2.95. The Bertz CT molecular complexity index is 515. The average molecular weight is 354 g/mol. The van der Waals surface area contributed by atoms with Crippen molar-refractivity contribution in [3.05, 3.63) is 28.5 Å². The van der Waals surface area contributed by atoms with Gasteiger partial charge in [0.1, 0.15) is 10.6 Å². The van der Waals surface area contributed by atoms with Crippen molar-refractivity contribution in [2.24, 2.45) is 11.7 Å². The summed E-state index contributed by atoms with van der Waals surface area (Å²) < 4.78 is 0.668. The van der Waals surface area contributed by atoms with Gasteiger partial charge in [-0.2, -0.15) is 0 Å². The van der Waals surface area contributed by atoms with Gasteiger partial charge in [-0.1, -0.05) is 18.9 Å². The number of carbonyl (C=O) groups excluding carboxylic acids is 2. The lowest BCUT2D eigenvalue weighted by Gasteiger charge is -2.17. The third-order valence-electron chi connectivity index (χ3n) is 3.89. The standard InChI is InChI=1S/C15H20BrN3O2/c16-14-11(6-3-7-18-14)9-12(15(17)21)19-13(20)8-10-4-1-2-5-10/h3,6-7,10,12H,1-2,4-5,8-9H2,(H2,17,21)(H,19,20)/t12-/m1/s1. The third kappa shape index (κ3) is 4.81. The summed E-state index contributed by atoms with van der Waals surface area (Å²) in [4.78, 5) is 27.7. The van der Waals surface area contributed by atoms with Gasteiger partial charge >= 0.3 is 0 Å². The molecule has 1 aromatic heterocycles. The molecule has 0 radical (unpaired) electrons. The maximum Gasteiger partial charge on any atom is 0.240 e. The smallest absolute Gasteiger partial charge is 0.240 e. The second-order valence-electron chi connectivity index (χ2n) is 5.53. The van der Waals surface area contributed by atoms with E-state index in [2.05, 4.69) is 26.2 Å². The Balaban J connectivity index is 1.94. The van der Waals surface area contributed by atoms with Crippen molar-refractivity contribution in [3.63, 3.8) is 0 Å². The molecule has 21 heavy (non-hydrogen) atoms. The van der Waals surface area contributed by atoms with Crippen LogP contribution >= 0.6 is 15.9 Å². The monoisotopic (exact) mass is 353 g/mol. The molecule has 3 N–H and O–H groups in total. The minimum absolute atomic E-state index is 0.0919. The predicted octanol–water partition coefficient (Wildman–Crippen LogP) is 1.94. The van der Waals surface area contributed by atoms with Gasteiger partial charge in [0.05, 0.1) is 0 Å². The van der Waals surface area contributed by atoms with Crippen molar-refractivity contribution >= 4 is 27.7 Å². The van der Waals surface area contributed by atoms with Crippen LogP contribution in [-0.2, 0) is 16.0 Å². The van der Waals surface area contributed by atoms with Gasteiger partial charge in [-0.15, -0.1) is 0 Å². The molecule has 2 amide bonds. The number of pyridine rings is 1. The summed E-state index contributed by atoms with van der Waals surface area (Å²) in [6.07, 6.45) is 7.08. The topological polar surface area (TPSA) is 85.1 Å². The summed E-state index contributed by atoms with van der Waals surface area (Å²) in [5.74, 6) is -0.167. The van der Waals surface area contributed by atoms with Gasteiger partial charge in [0.2, 0.25) is 11.8 Å². The normalized spacial score (nSPS) is 16.6. The third-order valence-corrected chi connectivity index (χ3v) is 4.60. The fraction of sp³-hybridized carbons (Fsp3) is 0.533. The van der Waals surface area contributed by atoms with Crippen LogP contribution in [0.25, 0.3) is 0 Å². The van der Waals surface area contributed by atoms with Crippen LogP contribution in [0.1, 0.15) is 37.7 Å². The fourth-order valence-electron chi connectivity index (χ4n) is 2.74. The number of halogens is 1. The lowest BCUT2D eigenvalue weighted by molar-refractivity contribution is -0.127. The Morgan fingerprint density at radius 2 is 2.14 bits per heavy atom. The van der Waals surface area contributed by atoms with Gasteiger partial charge in [-0.3, -0.25) is 9.59 Å². The summed E-state index contributed by atoms with van der Waals surface area (Å²) >= 11 is 3.34. The average Bonchev–Trinajstić information content (AvgIpc) is 2.93. The van der Waals surface area contributed by atoms with Gasteiger partial charge in [-0.05, 0) is 46.3 Å². The van der Waals surface area contributed by atoms with E-state index in [1.165, 1.54) is 12.8 Å².